The Kier molecular flexibility index (Phi) is 6.14. The van der Waals surface area contributed by atoms with Crippen LogP contribution in [-0.4, -0.2) is 25.1 Å². The van der Waals surface area contributed by atoms with Crippen molar-refractivity contribution in [3.63, 3.8) is 0 Å². The highest BCUT2D eigenvalue weighted by molar-refractivity contribution is 6.31. The van der Waals surface area contributed by atoms with Crippen LogP contribution in [0, 0.1) is 12.7 Å². The number of ether oxygens (including phenoxy) is 2. The lowest BCUT2D eigenvalue weighted by atomic mass is 10.2. The van der Waals surface area contributed by atoms with Crippen LogP contribution in [0.15, 0.2) is 42.5 Å². The Morgan fingerprint density at radius 2 is 1.83 bits per heavy atom. The summed E-state index contributed by atoms with van der Waals surface area (Å²) >= 11 is 5.89. The predicted molar refractivity (Wildman–Crippen MR) is 87.7 cm³/mol. The van der Waals surface area contributed by atoms with Crippen LogP contribution in [0.4, 0.5) is 10.1 Å². The fourth-order valence-electron chi connectivity index (χ4n) is 1.77. The quantitative estimate of drug-likeness (QED) is 0.811. The van der Waals surface area contributed by atoms with Gasteiger partial charge in [0.1, 0.15) is 11.6 Å². The van der Waals surface area contributed by atoms with Crippen molar-refractivity contribution in [1.82, 2.24) is 0 Å². The van der Waals surface area contributed by atoms with E-state index in [4.69, 9.17) is 21.1 Å². The number of hydrogen-bond donors (Lipinski definition) is 1. The number of anilines is 1. The molecule has 0 unspecified atom stereocenters. The number of carbonyl (C=O) groups excluding carboxylic acids is 2. The molecule has 0 aliphatic carbocycles. The van der Waals surface area contributed by atoms with Crippen molar-refractivity contribution in [2.75, 3.05) is 18.5 Å². The summed E-state index contributed by atoms with van der Waals surface area (Å²) in [4.78, 5) is 23.2. The molecule has 0 fully saturated rings. The van der Waals surface area contributed by atoms with Gasteiger partial charge in [-0.3, -0.25) is 4.79 Å². The van der Waals surface area contributed by atoms with E-state index in [0.717, 1.165) is 5.56 Å². The Bertz CT molecular complexity index is 734. The second-order valence-corrected chi connectivity index (χ2v) is 5.32. The zero-order valence-electron chi connectivity index (χ0n) is 12.8. The van der Waals surface area contributed by atoms with Crippen molar-refractivity contribution in [1.29, 1.82) is 0 Å². The molecule has 0 saturated heterocycles. The summed E-state index contributed by atoms with van der Waals surface area (Å²) in [7, 11) is 0. The second kappa shape index (κ2) is 8.31. The average molecular weight is 352 g/mol. The SMILES string of the molecule is Cc1cc(OCC(=O)OCC(=O)Nc2ccc(F)cc2)ccc1Cl. The van der Waals surface area contributed by atoms with Crippen LogP contribution >= 0.6 is 11.6 Å². The number of aryl methyl sites for hydroxylation is 1. The van der Waals surface area contributed by atoms with Gasteiger partial charge in [-0.05, 0) is 55.0 Å². The highest BCUT2D eigenvalue weighted by Crippen LogP contribution is 2.20. The molecule has 0 aliphatic rings. The maximum Gasteiger partial charge on any atom is 0.344 e. The molecule has 0 bridgehead atoms. The zero-order chi connectivity index (χ0) is 17.5. The van der Waals surface area contributed by atoms with Crippen LogP contribution in [0.3, 0.4) is 0 Å². The van der Waals surface area contributed by atoms with Crippen molar-refractivity contribution < 1.29 is 23.5 Å². The maximum atomic E-state index is 12.7. The molecule has 126 valence electrons. The summed E-state index contributed by atoms with van der Waals surface area (Å²) in [5, 5.41) is 3.07. The Hall–Kier alpha value is -2.60. The van der Waals surface area contributed by atoms with Gasteiger partial charge in [0, 0.05) is 10.7 Å². The largest absolute Gasteiger partial charge is 0.482 e. The lowest BCUT2D eigenvalue weighted by Crippen LogP contribution is -2.23. The van der Waals surface area contributed by atoms with Gasteiger partial charge in [0.2, 0.25) is 0 Å². The molecule has 5 nitrogen and oxygen atoms in total. The number of rotatable bonds is 6. The van der Waals surface area contributed by atoms with Gasteiger partial charge in [-0.2, -0.15) is 0 Å². The minimum absolute atomic E-state index is 0.328. The summed E-state index contributed by atoms with van der Waals surface area (Å²) in [6.45, 7) is 1.03. The molecule has 1 amide bonds. The molecule has 2 aromatic carbocycles. The van der Waals surface area contributed by atoms with Crippen LogP contribution in [-0.2, 0) is 14.3 Å². The molecule has 0 heterocycles. The third-order valence-corrected chi connectivity index (χ3v) is 3.40. The Balaban J connectivity index is 1.73. The second-order valence-electron chi connectivity index (χ2n) is 4.92. The fraction of sp³-hybridized carbons (Fsp3) is 0.176. The van der Waals surface area contributed by atoms with Gasteiger partial charge in [0.25, 0.3) is 5.91 Å². The Labute approximate surface area is 143 Å². The molecule has 2 aromatic rings. The first kappa shape index (κ1) is 17.7. The van der Waals surface area contributed by atoms with E-state index in [1.807, 2.05) is 6.92 Å². The molecular formula is C17H15ClFNO4. The molecular weight excluding hydrogens is 337 g/mol. The minimum Gasteiger partial charge on any atom is -0.482 e. The van der Waals surface area contributed by atoms with Crippen molar-refractivity contribution in [3.05, 3.63) is 58.9 Å². The topological polar surface area (TPSA) is 64.6 Å². The number of esters is 1. The summed E-state index contributed by atoms with van der Waals surface area (Å²) in [6.07, 6.45) is 0. The summed E-state index contributed by atoms with van der Waals surface area (Å²) < 4.78 is 22.8. The molecule has 0 aliphatic heterocycles. The first-order valence-electron chi connectivity index (χ1n) is 7.04. The van der Waals surface area contributed by atoms with E-state index in [9.17, 15) is 14.0 Å². The Morgan fingerprint density at radius 1 is 1.12 bits per heavy atom. The Morgan fingerprint density at radius 3 is 2.50 bits per heavy atom. The molecule has 1 N–H and O–H groups in total. The van der Waals surface area contributed by atoms with Crippen molar-refractivity contribution in [2.24, 2.45) is 0 Å². The molecule has 0 aromatic heterocycles. The molecule has 2 rings (SSSR count). The van der Waals surface area contributed by atoms with E-state index in [2.05, 4.69) is 5.32 Å². The van der Waals surface area contributed by atoms with Gasteiger partial charge in [-0.25, -0.2) is 9.18 Å². The van der Waals surface area contributed by atoms with Crippen LogP contribution in [0.1, 0.15) is 5.56 Å². The number of hydrogen-bond acceptors (Lipinski definition) is 4. The fourth-order valence-corrected chi connectivity index (χ4v) is 1.88. The van der Waals surface area contributed by atoms with Gasteiger partial charge in [-0.1, -0.05) is 11.6 Å². The van der Waals surface area contributed by atoms with Gasteiger partial charge < -0.3 is 14.8 Å². The molecule has 0 spiro atoms. The lowest BCUT2D eigenvalue weighted by molar-refractivity contribution is -0.149. The summed E-state index contributed by atoms with van der Waals surface area (Å²) in [5.74, 6) is -1.15. The van der Waals surface area contributed by atoms with E-state index in [1.54, 1.807) is 18.2 Å². The van der Waals surface area contributed by atoms with E-state index >= 15 is 0 Å². The molecule has 0 radical (unpaired) electrons. The number of benzene rings is 2. The number of nitrogens with one attached hydrogen (secondary N) is 1. The number of amides is 1. The minimum atomic E-state index is -0.683. The number of halogens is 2. The van der Waals surface area contributed by atoms with Crippen molar-refractivity contribution >= 4 is 29.2 Å². The first-order valence-corrected chi connectivity index (χ1v) is 7.42. The normalized spacial score (nSPS) is 10.1. The molecule has 0 atom stereocenters. The maximum absolute atomic E-state index is 12.7. The predicted octanol–water partition coefficient (Wildman–Crippen LogP) is 3.35. The van der Waals surface area contributed by atoms with Crippen LogP contribution < -0.4 is 10.1 Å². The van der Waals surface area contributed by atoms with E-state index in [0.29, 0.717) is 16.5 Å². The van der Waals surface area contributed by atoms with Crippen LogP contribution in [0.5, 0.6) is 5.75 Å². The van der Waals surface area contributed by atoms with Gasteiger partial charge in [0.05, 0.1) is 0 Å². The summed E-state index contributed by atoms with van der Waals surface area (Å²) in [5.41, 5.74) is 1.23. The van der Waals surface area contributed by atoms with E-state index in [1.165, 1.54) is 24.3 Å². The smallest absolute Gasteiger partial charge is 0.344 e. The highest BCUT2D eigenvalue weighted by atomic mass is 35.5. The summed E-state index contributed by atoms with van der Waals surface area (Å²) in [6, 6.07) is 10.2. The third kappa shape index (κ3) is 5.55. The van der Waals surface area contributed by atoms with E-state index < -0.39 is 24.3 Å². The highest BCUT2D eigenvalue weighted by Gasteiger charge is 2.09. The molecule has 0 saturated carbocycles. The third-order valence-electron chi connectivity index (χ3n) is 2.98. The molecule has 24 heavy (non-hydrogen) atoms. The van der Waals surface area contributed by atoms with Crippen LogP contribution in [0.25, 0.3) is 0 Å². The van der Waals surface area contributed by atoms with Gasteiger partial charge >= 0.3 is 5.97 Å². The average Bonchev–Trinajstić information content (AvgIpc) is 2.56. The first-order chi connectivity index (χ1) is 11.4. The zero-order valence-corrected chi connectivity index (χ0v) is 13.6. The molecule has 7 heteroatoms. The van der Waals surface area contributed by atoms with Gasteiger partial charge in [-0.15, -0.1) is 0 Å². The lowest BCUT2D eigenvalue weighted by Gasteiger charge is -2.08. The van der Waals surface area contributed by atoms with Crippen molar-refractivity contribution in [3.8, 4) is 5.75 Å². The number of carbonyl (C=O) groups is 2. The van der Waals surface area contributed by atoms with Crippen molar-refractivity contribution in [2.45, 2.75) is 6.92 Å². The standard InChI is InChI=1S/C17H15ClFNO4/c1-11-8-14(6-7-15(11)18)23-10-17(22)24-9-16(21)20-13-4-2-12(19)3-5-13/h2-8H,9-10H2,1H3,(H,20,21). The monoisotopic (exact) mass is 351 g/mol. The van der Waals surface area contributed by atoms with Crippen LogP contribution in [0.2, 0.25) is 5.02 Å². The van der Waals surface area contributed by atoms with E-state index in [-0.39, 0.29) is 6.61 Å². The van der Waals surface area contributed by atoms with Gasteiger partial charge in [0.15, 0.2) is 13.2 Å².